The molecule has 0 radical (unpaired) electrons. The van der Waals surface area contributed by atoms with Crippen LogP contribution in [0.25, 0.3) is 5.57 Å². The highest BCUT2D eigenvalue weighted by atomic mass is 32.1. The normalized spacial score (nSPS) is 14.2. The Kier molecular flexibility index (Phi) is 4.48. The van der Waals surface area contributed by atoms with Gasteiger partial charge in [0.15, 0.2) is 0 Å². The fourth-order valence-corrected chi connectivity index (χ4v) is 3.66. The van der Waals surface area contributed by atoms with Gasteiger partial charge in [0, 0.05) is 16.6 Å². The lowest BCUT2D eigenvalue weighted by atomic mass is 10.2. The minimum absolute atomic E-state index is 0.0352. The first-order chi connectivity index (χ1) is 13.5. The molecule has 8 heteroatoms. The van der Waals surface area contributed by atoms with Crippen molar-refractivity contribution < 1.29 is 22.8 Å². The first-order valence-corrected chi connectivity index (χ1v) is 8.98. The zero-order chi connectivity index (χ0) is 19.8. The summed E-state index contributed by atoms with van der Waals surface area (Å²) in [5.74, 6) is -3.97. The van der Waals surface area contributed by atoms with E-state index in [-0.39, 0.29) is 22.6 Å². The van der Waals surface area contributed by atoms with Crippen LogP contribution in [-0.2, 0) is 9.59 Å². The van der Waals surface area contributed by atoms with Crippen LogP contribution in [0.3, 0.4) is 0 Å². The number of hydrogen-bond acceptors (Lipinski definition) is 4. The molecule has 1 aliphatic heterocycles. The Morgan fingerprint density at radius 1 is 0.857 bits per heavy atom. The van der Waals surface area contributed by atoms with Crippen LogP contribution in [0.1, 0.15) is 4.88 Å². The molecule has 3 aromatic rings. The zero-order valence-corrected chi connectivity index (χ0v) is 14.9. The number of thiophene rings is 1. The Morgan fingerprint density at radius 2 is 1.64 bits per heavy atom. The van der Waals surface area contributed by atoms with Gasteiger partial charge in [-0.15, -0.1) is 11.3 Å². The summed E-state index contributed by atoms with van der Waals surface area (Å²) in [5.41, 5.74) is -0.178. The van der Waals surface area contributed by atoms with Gasteiger partial charge in [-0.05, 0) is 41.8 Å². The molecular weight excluding hydrogens is 389 g/mol. The number of amides is 2. The van der Waals surface area contributed by atoms with E-state index in [9.17, 15) is 22.8 Å². The van der Waals surface area contributed by atoms with Crippen LogP contribution in [0.4, 0.5) is 24.5 Å². The molecule has 0 saturated heterocycles. The first-order valence-electron chi connectivity index (χ1n) is 8.10. The number of halogens is 3. The maximum Gasteiger partial charge on any atom is 0.282 e. The van der Waals surface area contributed by atoms with Crippen molar-refractivity contribution in [2.45, 2.75) is 0 Å². The van der Waals surface area contributed by atoms with Crippen molar-refractivity contribution in [1.82, 2.24) is 0 Å². The monoisotopic (exact) mass is 400 g/mol. The molecule has 1 aromatic heterocycles. The Labute approximate surface area is 161 Å². The molecular formula is C20H11F3N2O2S. The van der Waals surface area contributed by atoms with Crippen LogP contribution in [0.2, 0.25) is 0 Å². The van der Waals surface area contributed by atoms with E-state index in [1.807, 2.05) is 0 Å². The van der Waals surface area contributed by atoms with Crippen LogP contribution in [0, 0.1) is 17.5 Å². The van der Waals surface area contributed by atoms with Gasteiger partial charge in [0.25, 0.3) is 11.8 Å². The number of nitrogens with one attached hydrogen (secondary N) is 1. The van der Waals surface area contributed by atoms with Crippen LogP contribution in [-0.4, -0.2) is 11.8 Å². The number of rotatable bonds is 4. The smallest absolute Gasteiger partial charge is 0.282 e. The Bertz CT molecular complexity index is 1130. The minimum Gasteiger partial charge on any atom is -0.350 e. The fraction of sp³-hybridized carbons (Fsp3) is 0. The highest BCUT2D eigenvalue weighted by molar-refractivity contribution is 7.11. The lowest BCUT2D eigenvalue weighted by molar-refractivity contribution is -0.120. The van der Waals surface area contributed by atoms with E-state index in [1.54, 1.807) is 17.5 Å². The molecule has 1 N–H and O–H groups in total. The number of nitrogens with zero attached hydrogens (tertiary/aromatic N) is 1. The van der Waals surface area contributed by atoms with E-state index in [0.717, 1.165) is 18.2 Å². The number of imide groups is 1. The highest BCUT2D eigenvalue weighted by Gasteiger charge is 2.41. The van der Waals surface area contributed by atoms with Gasteiger partial charge in [-0.1, -0.05) is 12.1 Å². The van der Waals surface area contributed by atoms with Crippen molar-refractivity contribution in [3.05, 3.63) is 88.0 Å². The average Bonchev–Trinajstić information content (AvgIpc) is 3.24. The first kappa shape index (κ1) is 18.0. The van der Waals surface area contributed by atoms with E-state index in [1.165, 1.54) is 29.5 Å². The molecule has 2 aromatic carbocycles. The van der Waals surface area contributed by atoms with Crippen molar-refractivity contribution in [3.8, 4) is 0 Å². The van der Waals surface area contributed by atoms with Crippen molar-refractivity contribution in [2.24, 2.45) is 0 Å². The van der Waals surface area contributed by atoms with E-state index in [2.05, 4.69) is 5.32 Å². The Balaban J connectivity index is 1.82. The fourth-order valence-electron chi connectivity index (χ4n) is 2.89. The Morgan fingerprint density at radius 3 is 2.32 bits per heavy atom. The topological polar surface area (TPSA) is 49.4 Å². The van der Waals surface area contributed by atoms with Gasteiger partial charge >= 0.3 is 0 Å². The van der Waals surface area contributed by atoms with Gasteiger partial charge in [-0.2, -0.15) is 0 Å². The molecule has 28 heavy (non-hydrogen) atoms. The molecule has 0 saturated carbocycles. The maximum atomic E-state index is 14.3. The lowest BCUT2D eigenvalue weighted by Gasteiger charge is -2.16. The summed E-state index contributed by atoms with van der Waals surface area (Å²) in [7, 11) is 0. The van der Waals surface area contributed by atoms with Crippen LogP contribution in [0.15, 0.2) is 65.7 Å². The molecule has 0 bridgehead atoms. The molecule has 4 rings (SSSR count). The molecule has 0 unspecified atom stereocenters. The van der Waals surface area contributed by atoms with E-state index in [4.69, 9.17) is 0 Å². The van der Waals surface area contributed by atoms with Gasteiger partial charge in [-0.3, -0.25) is 9.59 Å². The van der Waals surface area contributed by atoms with E-state index < -0.39 is 29.3 Å². The van der Waals surface area contributed by atoms with Gasteiger partial charge < -0.3 is 5.32 Å². The standard InChI is InChI=1S/C20H11F3N2O2S/c21-11-3-1-4-13(9-11)24-18-17(16-5-2-8-28-16)19(26)25(20(18)27)15-7-6-12(22)10-14(15)23/h1-10,24H. The second-order valence-electron chi connectivity index (χ2n) is 5.90. The van der Waals surface area contributed by atoms with Gasteiger partial charge in [-0.25, -0.2) is 18.1 Å². The van der Waals surface area contributed by atoms with Crippen molar-refractivity contribution in [1.29, 1.82) is 0 Å². The van der Waals surface area contributed by atoms with Crippen molar-refractivity contribution in [2.75, 3.05) is 10.2 Å². The number of hydrogen-bond donors (Lipinski definition) is 1. The summed E-state index contributed by atoms with van der Waals surface area (Å²) >= 11 is 1.22. The number of anilines is 2. The van der Waals surface area contributed by atoms with Crippen molar-refractivity contribution >= 4 is 40.1 Å². The lowest BCUT2D eigenvalue weighted by Crippen LogP contribution is -2.33. The molecule has 2 amide bonds. The van der Waals surface area contributed by atoms with Gasteiger partial charge in [0.1, 0.15) is 23.1 Å². The summed E-state index contributed by atoms with van der Waals surface area (Å²) < 4.78 is 41.0. The molecule has 0 fully saturated rings. The molecule has 1 aliphatic rings. The van der Waals surface area contributed by atoms with Crippen LogP contribution < -0.4 is 10.2 Å². The summed E-state index contributed by atoms with van der Waals surface area (Å²) in [4.78, 5) is 27.1. The average molecular weight is 400 g/mol. The second kappa shape index (κ2) is 6.97. The third-order valence-corrected chi connectivity index (χ3v) is 4.98. The van der Waals surface area contributed by atoms with Crippen molar-refractivity contribution in [3.63, 3.8) is 0 Å². The van der Waals surface area contributed by atoms with Crippen LogP contribution in [0.5, 0.6) is 0 Å². The third-order valence-electron chi connectivity index (χ3n) is 4.10. The quantitative estimate of drug-likeness (QED) is 0.653. The maximum absolute atomic E-state index is 14.3. The molecule has 0 spiro atoms. The zero-order valence-electron chi connectivity index (χ0n) is 14.1. The molecule has 4 nitrogen and oxygen atoms in total. The SMILES string of the molecule is O=C1C(Nc2cccc(F)c2)=C(c2cccs2)C(=O)N1c1ccc(F)cc1F. The predicted octanol–water partition coefficient (Wildman–Crippen LogP) is 4.56. The van der Waals surface area contributed by atoms with Crippen LogP contribution >= 0.6 is 11.3 Å². The highest BCUT2D eigenvalue weighted by Crippen LogP contribution is 2.36. The van der Waals surface area contributed by atoms with E-state index in [0.29, 0.717) is 15.8 Å². The van der Waals surface area contributed by atoms with Gasteiger partial charge in [0.2, 0.25) is 0 Å². The van der Waals surface area contributed by atoms with E-state index >= 15 is 0 Å². The summed E-state index contributed by atoms with van der Waals surface area (Å²) in [6.45, 7) is 0. The Hall–Kier alpha value is -3.39. The number of carbonyl (C=O) groups excluding carboxylic acids is 2. The summed E-state index contributed by atoms with van der Waals surface area (Å²) in [6.07, 6.45) is 0. The minimum atomic E-state index is -1.04. The summed E-state index contributed by atoms with van der Waals surface area (Å²) in [5, 5.41) is 4.49. The molecule has 0 aliphatic carbocycles. The third kappa shape index (κ3) is 3.07. The molecule has 2 heterocycles. The second-order valence-corrected chi connectivity index (χ2v) is 6.85. The molecule has 0 atom stereocenters. The summed E-state index contributed by atoms with van der Waals surface area (Å²) in [6, 6.07) is 11.3. The largest absolute Gasteiger partial charge is 0.350 e. The number of carbonyl (C=O) groups is 2. The predicted molar refractivity (Wildman–Crippen MR) is 100 cm³/mol. The van der Waals surface area contributed by atoms with Gasteiger partial charge in [0.05, 0.1) is 11.3 Å². The molecule has 140 valence electrons. The number of benzene rings is 2.